The Balaban J connectivity index is 2.89. The lowest BCUT2D eigenvalue weighted by Crippen LogP contribution is -2.36. The number of nitrogens with one attached hydrogen (secondary N) is 1. The molecule has 0 bridgehead atoms. The zero-order valence-corrected chi connectivity index (χ0v) is 12.1. The van der Waals surface area contributed by atoms with Crippen LogP contribution in [0.2, 0.25) is 0 Å². The number of methoxy groups -OCH3 is 2. The Morgan fingerprint density at radius 1 is 1.26 bits per heavy atom. The van der Waals surface area contributed by atoms with Crippen LogP contribution in [0.3, 0.4) is 0 Å². The summed E-state index contributed by atoms with van der Waals surface area (Å²) in [6.45, 7) is 5.17. The van der Waals surface area contributed by atoms with Gasteiger partial charge in [0.2, 0.25) is 0 Å². The highest BCUT2D eigenvalue weighted by molar-refractivity contribution is 5.52. The van der Waals surface area contributed by atoms with Crippen LogP contribution in [0.15, 0.2) is 6.07 Å². The van der Waals surface area contributed by atoms with Crippen molar-refractivity contribution in [1.82, 2.24) is 5.32 Å². The largest absolute Gasteiger partial charge is 0.496 e. The molecular formula is C14H24N2O3. The summed E-state index contributed by atoms with van der Waals surface area (Å²) >= 11 is 0. The van der Waals surface area contributed by atoms with Crippen molar-refractivity contribution in [3.05, 3.63) is 22.8 Å². The van der Waals surface area contributed by atoms with E-state index in [1.165, 1.54) is 0 Å². The molecule has 4 N–H and O–H groups in total. The van der Waals surface area contributed by atoms with Gasteiger partial charge in [0, 0.05) is 24.7 Å². The van der Waals surface area contributed by atoms with Gasteiger partial charge >= 0.3 is 0 Å². The van der Waals surface area contributed by atoms with Gasteiger partial charge in [-0.15, -0.1) is 0 Å². The van der Waals surface area contributed by atoms with E-state index in [2.05, 4.69) is 5.32 Å². The van der Waals surface area contributed by atoms with Gasteiger partial charge in [-0.1, -0.05) is 0 Å². The van der Waals surface area contributed by atoms with Crippen LogP contribution in [0.4, 0.5) is 0 Å². The van der Waals surface area contributed by atoms with E-state index in [-0.39, 0.29) is 12.6 Å². The maximum atomic E-state index is 8.89. The molecule has 1 atom stereocenters. The fourth-order valence-electron chi connectivity index (χ4n) is 2.01. The van der Waals surface area contributed by atoms with E-state index in [0.29, 0.717) is 13.1 Å². The SMILES string of the molecule is COc1cc(CNCC(N)CO)c(OC)c(C)c1C. The zero-order valence-electron chi connectivity index (χ0n) is 12.1. The van der Waals surface area contributed by atoms with E-state index in [0.717, 1.165) is 28.2 Å². The standard InChI is InChI=1S/C14H24N2O3/c1-9-10(2)14(19-4)11(5-13(9)18-3)6-16-7-12(15)8-17/h5,12,16-17H,6-8,15H2,1-4H3. The van der Waals surface area contributed by atoms with E-state index in [9.17, 15) is 0 Å². The Morgan fingerprint density at radius 3 is 2.47 bits per heavy atom. The first-order valence-electron chi connectivity index (χ1n) is 6.33. The topological polar surface area (TPSA) is 76.7 Å². The van der Waals surface area contributed by atoms with Crippen LogP contribution in [0.1, 0.15) is 16.7 Å². The Bertz CT molecular complexity index is 422. The van der Waals surface area contributed by atoms with Gasteiger partial charge in [-0.25, -0.2) is 0 Å². The van der Waals surface area contributed by atoms with Crippen LogP contribution < -0.4 is 20.5 Å². The minimum Gasteiger partial charge on any atom is -0.496 e. The third kappa shape index (κ3) is 3.83. The molecule has 0 aliphatic rings. The maximum absolute atomic E-state index is 8.89. The number of benzene rings is 1. The highest BCUT2D eigenvalue weighted by atomic mass is 16.5. The molecule has 0 aromatic heterocycles. The number of nitrogens with two attached hydrogens (primary N) is 1. The lowest BCUT2D eigenvalue weighted by Gasteiger charge is -2.18. The summed E-state index contributed by atoms with van der Waals surface area (Å²) < 4.78 is 10.8. The molecule has 0 spiro atoms. The molecule has 0 radical (unpaired) electrons. The third-order valence-corrected chi connectivity index (χ3v) is 3.25. The Labute approximate surface area is 114 Å². The second-order valence-electron chi connectivity index (χ2n) is 4.59. The summed E-state index contributed by atoms with van der Waals surface area (Å²) in [5.74, 6) is 1.71. The fourth-order valence-corrected chi connectivity index (χ4v) is 2.01. The number of aliphatic hydroxyl groups excluding tert-OH is 1. The number of hydrogen-bond donors (Lipinski definition) is 3. The Kier molecular flexibility index (Phi) is 6.08. The average Bonchev–Trinajstić information content (AvgIpc) is 2.42. The fraction of sp³-hybridized carbons (Fsp3) is 0.571. The maximum Gasteiger partial charge on any atom is 0.126 e. The van der Waals surface area contributed by atoms with E-state index < -0.39 is 0 Å². The van der Waals surface area contributed by atoms with Crippen LogP contribution in [-0.2, 0) is 6.54 Å². The van der Waals surface area contributed by atoms with Crippen LogP contribution in [0, 0.1) is 13.8 Å². The number of ether oxygens (including phenoxy) is 2. The van der Waals surface area contributed by atoms with Gasteiger partial charge in [0.15, 0.2) is 0 Å². The van der Waals surface area contributed by atoms with Gasteiger partial charge < -0.3 is 25.6 Å². The summed E-state index contributed by atoms with van der Waals surface area (Å²) in [6, 6.07) is 1.72. The van der Waals surface area contributed by atoms with E-state index in [4.69, 9.17) is 20.3 Å². The Hall–Kier alpha value is -1.30. The molecule has 0 amide bonds. The van der Waals surface area contributed by atoms with Gasteiger partial charge in [0.05, 0.1) is 20.8 Å². The highest BCUT2D eigenvalue weighted by Crippen LogP contribution is 2.33. The van der Waals surface area contributed by atoms with Gasteiger partial charge in [0.25, 0.3) is 0 Å². The van der Waals surface area contributed by atoms with Crippen molar-refractivity contribution in [2.24, 2.45) is 5.73 Å². The number of hydrogen-bond acceptors (Lipinski definition) is 5. The summed E-state index contributed by atoms with van der Waals surface area (Å²) in [6.07, 6.45) is 0. The molecule has 1 unspecified atom stereocenters. The number of rotatable bonds is 7. The van der Waals surface area contributed by atoms with E-state index in [1.807, 2.05) is 19.9 Å². The van der Waals surface area contributed by atoms with Gasteiger partial charge in [-0.05, 0) is 31.0 Å². The van der Waals surface area contributed by atoms with Crippen molar-refractivity contribution in [3.8, 4) is 11.5 Å². The number of aliphatic hydroxyl groups is 1. The normalized spacial score (nSPS) is 12.3. The highest BCUT2D eigenvalue weighted by Gasteiger charge is 2.13. The quantitative estimate of drug-likeness (QED) is 0.679. The van der Waals surface area contributed by atoms with Crippen LogP contribution >= 0.6 is 0 Å². The molecule has 0 saturated carbocycles. The lowest BCUT2D eigenvalue weighted by molar-refractivity contribution is 0.262. The Morgan fingerprint density at radius 2 is 1.95 bits per heavy atom. The summed E-state index contributed by atoms with van der Waals surface area (Å²) in [4.78, 5) is 0. The van der Waals surface area contributed by atoms with E-state index in [1.54, 1.807) is 14.2 Å². The molecule has 5 nitrogen and oxygen atoms in total. The molecule has 19 heavy (non-hydrogen) atoms. The minimum atomic E-state index is -0.251. The predicted octanol–water partition coefficient (Wildman–Crippen LogP) is 0.730. The molecule has 1 rings (SSSR count). The summed E-state index contributed by atoms with van der Waals surface area (Å²) in [5.41, 5.74) is 8.82. The molecule has 0 aliphatic heterocycles. The minimum absolute atomic E-state index is 0.0274. The molecule has 0 saturated heterocycles. The second-order valence-corrected chi connectivity index (χ2v) is 4.59. The molecule has 0 aliphatic carbocycles. The van der Waals surface area contributed by atoms with Crippen molar-refractivity contribution < 1.29 is 14.6 Å². The molecule has 5 heteroatoms. The second kappa shape index (κ2) is 7.33. The van der Waals surface area contributed by atoms with Crippen molar-refractivity contribution >= 4 is 0 Å². The molecule has 0 fully saturated rings. The lowest BCUT2D eigenvalue weighted by atomic mass is 10.0. The van der Waals surface area contributed by atoms with Gasteiger partial charge in [-0.3, -0.25) is 0 Å². The summed E-state index contributed by atoms with van der Waals surface area (Å²) in [7, 11) is 3.32. The molecule has 0 heterocycles. The molecule has 108 valence electrons. The van der Waals surface area contributed by atoms with Crippen LogP contribution in [0.5, 0.6) is 11.5 Å². The molecule has 1 aromatic carbocycles. The van der Waals surface area contributed by atoms with Crippen LogP contribution in [0.25, 0.3) is 0 Å². The van der Waals surface area contributed by atoms with Gasteiger partial charge in [0.1, 0.15) is 11.5 Å². The van der Waals surface area contributed by atoms with Crippen LogP contribution in [-0.4, -0.2) is 38.5 Å². The van der Waals surface area contributed by atoms with Crippen molar-refractivity contribution in [3.63, 3.8) is 0 Å². The van der Waals surface area contributed by atoms with Gasteiger partial charge in [-0.2, -0.15) is 0 Å². The third-order valence-electron chi connectivity index (χ3n) is 3.25. The first-order chi connectivity index (χ1) is 9.04. The zero-order chi connectivity index (χ0) is 14.4. The smallest absolute Gasteiger partial charge is 0.126 e. The van der Waals surface area contributed by atoms with E-state index >= 15 is 0 Å². The van der Waals surface area contributed by atoms with Crippen molar-refractivity contribution in [2.45, 2.75) is 26.4 Å². The molecule has 1 aromatic rings. The molecular weight excluding hydrogens is 244 g/mol. The average molecular weight is 268 g/mol. The van der Waals surface area contributed by atoms with Crippen molar-refractivity contribution in [1.29, 1.82) is 0 Å². The predicted molar refractivity (Wildman–Crippen MR) is 75.8 cm³/mol. The van der Waals surface area contributed by atoms with Crippen molar-refractivity contribution in [2.75, 3.05) is 27.4 Å². The summed E-state index contributed by atoms with van der Waals surface area (Å²) in [5, 5.41) is 12.1. The first-order valence-corrected chi connectivity index (χ1v) is 6.33. The first kappa shape index (κ1) is 15.8. The monoisotopic (exact) mass is 268 g/mol.